The average Bonchev–Trinajstić information content (AvgIpc) is 2.61. The topological polar surface area (TPSA) is 3.24 Å². The molecule has 1 aliphatic heterocycles. The van der Waals surface area contributed by atoms with Crippen molar-refractivity contribution < 1.29 is 0 Å². The van der Waals surface area contributed by atoms with Gasteiger partial charge in [-0.2, -0.15) is 0 Å². The molecule has 2 fully saturated rings. The van der Waals surface area contributed by atoms with Crippen LogP contribution in [0.4, 0.5) is 0 Å². The molecule has 1 nitrogen and oxygen atoms in total. The van der Waals surface area contributed by atoms with Gasteiger partial charge in [-0.15, -0.1) is 0 Å². The number of likely N-dealkylation sites (tertiary alicyclic amines) is 1. The Morgan fingerprint density at radius 2 is 1.55 bits per heavy atom. The normalized spacial score (nSPS) is 22.5. The summed E-state index contributed by atoms with van der Waals surface area (Å²) in [5.41, 5.74) is 1.52. The number of rotatable bonds is 6. The average molecular weight is 300 g/mol. The number of hydrogen-bond donors (Lipinski definition) is 0. The Balaban J connectivity index is 1.55. The minimum absolute atomic E-state index is 0.879. The lowest BCUT2D eigenvalue weighted by atomic mass is 9.80. The molecule has 1 atom stereocenters. The van der Waals surface area contributed by atoms with Crippen molar-refractivity contribution in [2.24, 2.45) is 5.92 Å². The van der Waals surface area contributed by atoms with Gasteiger partial charge in [-0.1, -0.05) is 56.0 Å². The van der Waals surface area contributed by atoms with E-state index in [1.165, 1.54) is 89.3 Å². The molecule has 0 aromatic heterocycles. The molecule has 0 bridgehead atoms. The lowest BCUT2D eigenvalue weighted by Gasteiger charge is -2.41. The van der Waals surface area contributed by atoms with Gasteiger partial charge in [0.25, 0.3) is 0 Å². The zero-order chi connectivity index (χ0) is 15.0. The van der Waals surface area contributed by atoms with Crippen LogP contribution in [-0.2, 0) is 6.42 Å². The molecule has 1 heterocycles. The third kappa shape index (κ3) is 4.59. The molecule has 0 unspecified atom stereocenters. The summed E-state index contributed by atoms with van der Waals surface area (Å²) in [6.45, 7) is 2.74. The van der Waals surface area contributed by atoms with Crippen LogP contribution in [0.1, 0.15) is 69.8 Å². The fourth-order valence-electron chi connectivity index (χ4n) is 4.65. The molecule has 1 saturated heterocycles. The summed E-state index contributed by atoms with van der Waals surface area (Å²) in [6, 6.07) is 11.9. The molecule has 0 N–H and O–H groups in total. The van der Waals surface area contributed by atoms with Crippen molar-refractivity contribution in [1.29, 1.82) is 0 Å². The Bertz CT molecular complexity index is 383. The molecule has 0 spiro atoms. The lowest BCUT2D eigenvalue weighted by Crippen LogP contribution is -2.44. The van der Waals surface area contributed by atoms with Crippen LogP contribution in [0.2, 0.25) is 0 Å². The summed E-state index contributed by atoms with van der Waals surface area (Å²) >= 11 is 0. The van der Waals surface area contributed by atoms with E-state index in [0.717, 1.165) is 12.0 Å². The van der Waals surface area contributed by atoms with Gasteiger partial charge in [-0.25, -0.2) is 0 Å². The van der Waals surface area contributed by atoms with E-state index < -0.39 is 0 Å². The van der Waals surface area contributed by atoms with Gasteiger partial charge in [-0.05, 0) is 69.5 Å². The first-order valence-corrected chi connectivity index (χ1v) is 9.71. The molecular weight excluding hydrogens is 266 g/mol. The highest BCUT2D eigenvalue weighted by Crippen LogP contribution is 2.32. The van der Waals surface area contributed by atoms with Crippen molar-refractivity contribution in [3.8, 4) is 0 Å². The number of piperidine rings is 1. The Labute approximate surface area is 137 Å². The van der Waals surface area contributed by atoms with Crippen LogP contribution < -0.4 is 0 Å². The van der Waals surface area contributed by atoms with E-state index >= 15 is 0 Å². The fourth-order valence-corrected chi connectivity index (χ4v) is 4.65. The first kappa shape index (κ1) is 16.1. The van der Waals surface area contributed by atoms with E-state index in [1.54, 1.807) is 0 Å². The quantitative estimate of drug-likeness (QED) is 0.675. The number of hydrogen-bond acceptors (Lipinski definition) is 1. The fraction of sp³-hybridized carbons (Fsp3) is 0.714. The molecule has 22 heavy (non-hydrogen) atoms. The van der Waals surface area contributed by atoms with Crippen LogP contribution in [0.3, 0.4) is 0 Å². The van der Waals surface area contributed by atoms with Crippen LogP contribution in [0.25, 0.3) is 0 Å². The number of nitrogens with zero attached hydrogens (tertiary/aromatic N) is 1. The van der Waals surface area contributed by atoms with Crippen molar-refractivity contribution in [2.45, 2.75) is 76.7 Å². The van der Waals surface area contributed by atoms with Gasteiger partial charge in [0.15, 0.2) is 0 Å². The second-order valence-corrected chi connectivity index (χ2v) is 7.44. The summed E-state index contributed by atoms with van der Waals surface area (Å²) < 4.78 is 0. The molecule has 0 amide bonds. The Morgan fingerprint density at radius 1 is 0.864 bits per heavy atom. The van der Waals surface area contributed by atoms with E-state index in [2.05, 4.69) is 35.2 Å². The predicted octanol–water partition coefficient (Wildman–Crippen LogP) is 5.44. The molecule has 0 radical (unpaired) electrons. The van der Waals surface area contributed by atoms with Gasteiger partial charge in [0.2, 0.25) is 0 Å². The molecule has 1 heteroatoms. The molecule has 122 valence electrons. The summed E-state index contributed by atoms with van der Waals surface area (Å²) in [4.78, 5) is 2.87. The first-order valence-electron chi connectivity index (χ1n) is 9.71. The minimum Gasteiger partial charge on any atom is -0.300 e. The van der Waals surface area contributed by atoms with Crippen LogP contribution in [-0.4, -0.2) is 24.0 Å². The zero-order valence-corrected chi connectivity index (χ0v) is 14.2. The smallest absolute Gasteiger partial charge is 0.0124 e. The third-order valence-corrected chi connectivity index (χ3v) is 5.86. The van der Waals surface area contributed by atoms with Crippen LogP contribution >= 0.6 is 0 Å². The van der Waals surface area contributed by atoms with Crippen molar-refractivity contribution in [2.75, 3.05) is 13.1 Å². The SMILES string of the molecule is c1ccc(CCC[C@@H](C2CCCCC2)N2CCCCC2)cc1. The maximum Gasteiger partial charge on any atom is 0.0124 e. The highest BCUT2D eigenvalue weighted by Gasteiger charge is 2.29. The van der Waals surface area contributed by atoms with E-state index in [-0.39, 0.29) is 0 Å². The van der Waals surface area contributed by atoms with E-state index in [1.807, 2.05) is 0 Å². The molecule has 1 aromatic carbocycles. The minimum atomic E-state index is 0.879. The van der Waals surface area contributed by atoms with Crippen molar-refractivity contribution >= 4 is 0 Å². The highest BCUT2D eigenvalue weighted by molar-refractivity contribution is 5.14. The molecule has 1 aliphatic carbocycles. The Kier molecular flexibility index (Phi) is 6.36. The van der Waals surface area contributed by atoms with Gasteiger partial charge in [0.1, 0.15) is 0 Å². The van der Waals surface area contributed by atoms with Crippen LogP contribution in [0.15, 0.2) is 30.3 Å². The standard InChI is InChI=1S/C21H33N/c1-4-11-19(12-5-1)13-10-16-21(20-14-6-2-7-15-20)22-17-8-3-9-18-22/h1,4-5,11-12,20-21H,2-3,6-10,13-18H2/t21-/m0/s1. The molecule has 1 aromatic rings. The van der Waals surface area contributed by atoms with Gasteiger partial charge in [-0.3, -0.25) is 0 Å². The maximum absolute atomic E-state index is 2.87. The van der Waals surface area contributed by atoms with E-state index in [4.69, 9.17) is 0 Å². The molecule has 3 rings (SSSR count). The van der Waals surface area contributed by atoms with Gasteiger partial charge in [0.05, 0.1) is 0 Å². The summed E-state index contributed by atoms with van der Waals surface area (Å²) in [5, 5.41) is 0. The maximum atomic E-state index is 2.87. The largest absolute Gasteiger partial charge is 0.300 e. The van der Waals surface area contributed by atoms with Crippen molar-refractivity contribution in [3.05, 3.63) is 35.9 Å². The lowest BCUT2D eigenvalue weighted by molar-refractivity contribution is 0.0888. The van der Waals surface area contributed by atoms with E-state index in [9.17, 15) is 0 Å². The van der Waals surface area contributed by atoms with Gasteiger partial charge < -0.3 is 4.90 Å². The third-order valence-electron chi connectivity index (χ3n) is 5.86. The second-order valence-electron chi connectivity index (χ2n) is 7.44. The van der Waals surface area contributed by atoms with Crippen molar-refractivity contribution in [3.63, 3.8) is 0 Å². The number of aryl methyl sites for hydroxylation is 1. The first-order chi connectivity index (χ1) is 10.9. The Morgan fingerprint density at radius 3 is 2.27 bits per heavy atom. The van der Waals surface area contributed by atoms with Crippen molar-refractivity contribution in [1.82, 2.24) is 4.90 Å². The summed E-state index contributed by atoms with van der Waals surface area (Å²) in [7, 11) is 0. The monoisotopic (exact) mass is 299 g/mol. The van der Waals surface area contributed by atoms with Gasteiger partial charge in [0, 0.05) is 6.04 Å². The van der Waals surface area contributed by atoms with Crippen LogP contribution in [0, 0.1) is 5.92 Å². The summed E-state index contributed by atoms with van der Waals surface area (Å²) in [5.74, 6) is 0.989. The predicted molar refractivity (Wildman–Crippen MR) is 95.2 cm³/mol. The molecule has 1 saturated carbocycles. The zero-order valence-electron chi connectivity index (χ0n) is 14.2. The van der Waals surface area contributed by atoms with E-state index in [0.29, 0.717) is 0 Å². The molecular formula is C21H33N. The summed E-state index contributed by atoms with van der Waals surface area (Å²) in [6.07, 6.45) is 15.8. The van der Waals surface area contributed by atoms with Gasteiger partial charge >= 0.3 is 0 Å². The van der Waals surface area contributed by atoms with Crippen LogP contribution in [0.5, 0.6) is 0 Å². The molecule has 2 aliphatic rings. The highest BCUT2D eigenvalue weighted by atomic mass is 15.2. The second kappa shape index (κ2) is 8.72. The Hall–Kier alpha value is -0.820. The number of benzene rings is 1.